The molecule has 3 spiro atoms. The van der Waals surface area contributed by atoms with Gasteiger partial charge in [-0.2, -0.15) is 9.25 Å². The van der Waals surface area contributed by atoms with Gasteiger partial charge in [-0.3, -0.25) is 13.6 Å². The summed E-state index contributed by atoms with van der Waals surface area (Å²) in [5, 5.41) is 1.60. The quantitative estimate of drug-likeness (QED) is 0.164. The smallest absolute Gasteiger partial charge is 0.418 e. The molecule has 9 aliphatic rings. The van der Waals surface area contributed by atoms with E-state index in [0.717, 1.165) is 47.7 Å². The zero-order valence-electron chi connectivity index (χ0n) is 68.5. The molecule has 10 unspecified atom stereocenters. The summed E-state index contributed by atoms with van der Waals surface area (Å²) in [6, 6.07) is -0.609. The molecule has 548 valence electrons. The van der Waals surface area contributed by atoms with Crippen LogP contribution < -0.4 is 0 Å². The molecule has 3 fully saturated rings. The van der Waals surface area contributed by atoms with Crippen molar-refractivity contribution in [2.24, 2.45) is 81.2 Å². The predicted molar refractivity (Wildman–Crippen MR) is 411 cm³/mol. The fourth-order valence-electron chi connectivity index (χ4n) is 15.1. The van der Waals surface area contributed by atoms with Crippen molar-refractivity contribution in [2.45, 2.75) is 306 Å². The summed E-state index contributed by atoms with van der Waals surface area (Å²) >= 11 is 0. The molecule has 0 saturated carbocycles. The number of hydrogen-bond donors (Lipinski definition) is 0. The van der Waals surface area contributed by atoms with Crippen molar-refractivity contribution in [3.8, 4) is 0 Å². The number of nitrogens with zero attached hydrogens (tertiary/aromatic N) is 1. The Labute approximate surface area is 601 Å². The van der Waals surface area contributed by atoms with Crippen molar-refractivity contribution >= 4 is 25.8 Å². The van der Waals surface area contributed by atoms with Gasteiger partial charge in [0.05, 0.1) is 28.9 Å². The lowest BCUT2D eigenvalue weighted by Gasteiger charge is -2.55. The summed E-state index contributed by atoms with van der Waals surface area (Å²) in [5.41, 5.74) is 10.3. The van der Waals surface area contributed by atoms with Crippen LogP contribution in [0.5, 0.6) is 0 Å². The Morgan fingerprint density at radius 1 is 0.357 bits per heavy atom. The molecule has 13 heteroatoms. The molecule has 0 aromatic heterocycles. The molecule has 0 aromatic carbocycles. The largest absolute Gasteiger partial charge is 0.430 e. The van der Waals surface area contributed by atoms with Crippen LogP contribution in [0.15, 0.2) is 139 Å². The van der Waals surface area contributed by atoms with Crippen LogP contribution in [-0.4, -0.2) is 36.2 Å². The van der Waals surface area contributed by atoms with E-state index in [2.05, 4.69) is 311 Å². The summed E-state index contributed by atoms with van der Waals surface area (Å²) in [7, 11) is -6.60. The van der Waals surface area contributed by atoms with Gasteiger partial charge >= 0.3 is 25.8 Å². The van der Waals surface area contributed by atoms with Crippen LogP contribution in [0.1, 0.15) is 282 Å². The van der Waals surface area contributed by atoms with Gasteiger partial charge in [0, 0.05) is 0 Å². The van der Waals surface area contributed by atoms with Crippen LogP contribution in [-0.2, 0) is 40.9 Å². The van der Waals surface area contributed by atoms with Crippen molar-refractivity contribution in [3.05, 3.63) is 139 Å². The van der Waals surface area contributed by atoms with Gasteiger partial charge in [-0.25, -0.2) is 0 Å². The van der Waals surface area contributed by atoms with E-state index in [-0.39, 0.29) is 77.7 Å². The minimum atomic E-state index is -2.28. The highest BCUT2D eigenvalue weighted by Crippen LogP contribution is 2.72. The van der Waals surface area contributed by atoms with Crippen molar-refractivity contribution in [1.82, 2.24) is 5.23 Å². The molecule has 0 aromatic rings. The lowest BCUT2D eigenvalue weighted by Crippen LogP contribution is -2.51. The van der Waals surface area contributed by atoms with E-state index in [1.807, 2.05) is 0 Å². The van der Waals surface area contributed by atoms with Gasteiger partial charge < -0.3 is 18.1 Å². The van der Waals surface area contributed by atoms with E-state index in [9.17, 15) is 0 Å². The minimum absolute atomic E-state index is 0.0880. The van der Waals surface area contributed by atoms with E-state index in [4.69, 9.17) is 40.9 Å². The highest BCUT2D eigenvalue weighted by molar-refractivity contribution is 7.42. The van der Waals surface area contributed by atoms with Crippen LogP contribution >= 0.6 is 25.8 Å². The second kappa shape index (κ2) is 25.5. The van der Waals surface area contributed by atoms with Crippen molar-refractivity contribution in [2.75, 3.05) is 6.61 Å². The highest BCUT2D eigenvalue weighted by Gasteiger charge is 2.63. The number of hydrogen-bond acceptors (Lipinski definition) is 10. The van der Waals surface area contributed by atoms with Crippen LogP contribution in [0.2, 0.25) is 0 Å². The fourth-order valence-corrected chi connectivity index (χ4v) is 19.1. The first kappa shape index (κ1) is 79.4. The van der Waals surface area contributed by atoms with Crippen molar-refractivity contribution in [1.29, 1.82) is 0 Å². The number of allylic oxidation sites excluding steroid dienone is 15. The van der Waals surface area contributed by atoms with Gasteiger partial charge in [0.1, 0.15) is 35.6 Å². The number of hydroxylamine groups is 2. The Morgan fingerprint density at radius 2 is 0.612 bits per heavy atom. The molecule has 0 amide bonds. The van der Waals surface area contributed by atoms with Gasteiger partial charge in [0.15, 0.2) is 0 Å². The third kappa shape index (κ3) is 15.5. The van der Waals surface area contributed by atoms with Crippen LogP contribution in [0.25, 0.3) is 0 Å². The molecule has 98 heavy (non-hydrogen) atoms. The second-order valence-corrected chi connectivity index (χ2v) is 45.8. The molecule has 3 aliphatic heterocycles. The van der Waals surface area contributed by atoms with Crippen molar-refractivity contribution in [3.63, 3.8) is 0 Å². The first-order valence-corrected chi connectivity index (χ1v) is 40.2. The molecule has 3 saturated heterocycles. The van der Waals surface area contributed by atoms with Crippen LogP contribution in [0, 0.1) is 81.2 Å². The van der Waals surface area contributed by atoms with E-state index in [0.29, 0.717) is 6.42 Å². The lowest BCUT2D eigenvalue weighted by molar-refractivity contribution is -0.301. The van der Waals surface area contributed by atoms with Gasteiger partial charge in [0.2, 0.25) is 0 Å². The molecule has 3 heterocycles. The molecule has 0 N–H and O–H groups in total. The summed E-state index contributed by atoms with van der Waals surface area (Å²) in [5.74, 6) is 2.73. The fraction of sp³-hybridized carbons (Fsp3) is 0.718. The summed E-state index contributed by atoms with van der Waals surface area (Å²) < 4.78 is 68.5. The zero-order chi connectivity index (χ0) is 74.0. The maximum absolute atomic E-state index is 7.74. The van der Waals surface area contributed by atoms with Crippen LogP contribution in [0.3, 0.4) is 0 Å². The normalized spacial score (nSPS) is 29.9. The molecule has 9 rings (SSSR count). The minimum Gasteiger partial charge on any atom is -0.430 e. The Bertz CT molecular complexity index is 3390. The van der Waals surface area contributed by atoms with E-state index < -0.39 is 60.3 Å². The molecule has 10 nitrogen and oxygen atoms in total. The molecular weight excluding hydrogens is 1270 g/mol. The highest BCUT2D eigenvalue weighted by atomic mass is 31.2. The topological polar surface area (TPSA) is 86.3 Å². The first-order chi connectivity index (χ1) is 44.0. The lowest BCUT2D eigenvalue weighted by atomic mass is 9.57. The summed E-state index contributed by atoms with van der Waals surface area (Å²) in [6.07, 6.45) is 23.5. The Balaban J connectivity index is 1.24. The maximum atomic E-state index is 7.74. The molecule has 0 radical (unpaired) electrons. The predicted octanol–water partition coefficient (Wildman–Crippen LogP) is 26.7. The SMILES string of the molecule is CCC(COP1OC2=C(C(C)(C)C)C=C(C(C)(C)C)CC23C=C(C(C)(C)C)C=C(C(C)(C)C)C3O1)N(OP1OC2=C(C(C)(C)C)C=C(C(C)(C)C)CC23C=C(C(C)(C)C)C=C(C(C)(C)C)C3O1)OP1OC2=C(C(C)(C)C)C=C(C(C)(C)C)CC23C=C(C(C)(C)C)C=C(C(C)(C)C)C3O1. The van der Waals surface area contributed by atoms with Crippen molar-refractivity contribution < 1.29 is 40.9 Å². The second-order valence-electron chi connectivity index (χ2n) is 42.7. The van der Waals surface area contributed by atoms with E-state index in [1.165, 1.54) is 55.7 Å². The average molecular weight is 1410 g/mol. The van der Waals surface area contributed by atoms with Gasteiger partial charge in [0.25, 0.3) is 0 Å². The van der Waals surface area contributed by atoms with E-state index >= 15 is 0 Å². The average Bonchev–Trinajstić information content (AvgIpc) is 0.714. The van der Waals surface area contributed by atoms with Gasteiger partial charge in [-0.1, -0.05) is 328 Å². The zero-order valence-corrected chi connectivity index (χ0v) is 71.2. The third-order valence-corrected chi connectivity index (χ3v) is 24.9. The summed E-state index contributed by atoms with van der Waals surface area (Å²) in [4.78, 5) is 0. The van der Waals surface area contributed by atoms with Gasteiger partial charge in [-0.15, -0.1) is 0 Å². The molecule has 10 atom stereocenters. The third-order valence-electron chi connectivity index (χ3n) is 21.8. The van der Waals surface area contributed by atoms with Gasteiger partial charge in [-0.05, 0) is 146 Å². The molecular formula is C85H134NO9P3. The standard InChI is InChI=1S/C85H134NO9P3/c1-38-58(51-87-96-88-65-59(77(20,21)22)39-52(71(2,3)4)45-83(65)46-53(72(5,6)7)40-60(66(83)89-96)78(23,24)25)86(94-97-90-67-61(79(26,27)28)41-54(73(8,9)10)47-84(67)48-55(74(11,12)13)42-62(68(84)91-97)80(29,30)31)95-98-92-69-63(81(32,33)34)43-56(75(14,15)16)49-85(69)50-57(76(17,18)19)44-64(70(85)93-98)82(35,36)37/h39-45,47,49,58,65,67,69H,38,46,48,50-51H2,1-37H3. The van der Waals surface area contributed by atoms with E-state index in [1.54, 1.807) is 5.23 Å². The Hall–Kier alpha value is -2.71. The molecule has 0 bridgehead atoms. The Kier molecular flexibility index (Phi) is 20.7. The van der Waals surface area contributed by atoms with Crippen LogP contribution in [0.4, 0.5) is 0 Å². The number of rotatable bonds is 9. The monoisotopic (exact) mass is 1410 g/mol. The maximum Gasteiger partial charge on any atom is 0.418 e. The molecule has 6 aliphatic carbocycles. The first-order valence-electron chi connectivity index (χ1n) is 36.9. The summed E-state index contributed by atoms with van der Waals surface area (Å²) in [6.45, 7) is 85.8. The Morgan fingerprint density at radius 3 is 0.837 bits per heavy atom.